The molecule has 1 aromatic heterocycles. The van der Waals surface area contributed by atoms with E-state index in [1.54, 1.807) is 24.8 Å². The first-order valence-corrected chi connectivity index (χ1v) is 11.0. The fourth-order valence-electron chi connectivity index (χ4n) is 4.46. The van der Waals surface area contributed by atoms with Crippen LogP contribution >= 0.6 is 0 Å². The molecule has 10 heteroatoms. The van der Waals surface area contributed by atoms with Crippen LogP contribution in [0.25, 0.3) is 6.08 Å². The third-order valence-electron chi connectivity index (χ3n) is 6.31. The lowest BCUT2D eigenvalue weighted by atomic mass is 9.95. The molecule has 0 radical (unpaired) electrons. The summed E-state index contributed by atoms with van der Waals surface area (Å²) in [5.41, 5.74) is 3.16. The zero-order valence-corrected chi connectivity index (χ0v) is 18.7. The smallest absolute Gasteiger partial charge is 0.253 e. The summed E-state index contributed by atoms with van der Waals surface area (Å²) in [4.78, 5) is 30.1. The molecular weight excluding hydrogens is 431 g/mol. The zero-order chi connectivity index (χ0) is 23.7. The van der Waals surface area contributed by atoms with Gasteiger partial charge in [0.2, 0.25) is 0 Å². The minimum Gasteiger partial charge on any atom is -0.387 e. The lowest BCUT2D eigenvalue weighted by molar-refractivity contribution is -0.116. The largest absolute Gasteiger partial charge is 0.387 e. The van der Waals surface area contributed by atoms with Gasteiger partial charge in [-0.15, -0.1) is 0 Å². The minimum absolute atomic E-state index is 0.125. The topological polar surface area (TPSA) is 127 Å². The van der Waals surface area contributed by atoms with Crippen LogP contribution in [0.15, 0.2) is 29.1 Å². The monoisotopic (exact) mass is 460 g/mol. The molecule has 178 valence electrons. The van der Waals surface area contributed by atoms with Crippen LogP contribution in [0.3, 0.4) is 0 Å². The lowest BCUT2D eigenvalue weighted by Gasteiger charge is -2.33. The standard InChI is InChI=1S/C23H29FN4O5/c1-12-18(10-16-15-9-14(24)3-4-17(15)27-21(16)30)26-13(2)20(12)22(31)25-11-19(29)23(32)28-5-7-33-8-6-28/h3,9-10,17,19,23,26,29,32H,4-8,11H2,1-2H3,(H,25,31)(H,27,30)/b16-10-/t17?,19-,23?/m1/s1. The predicted molar refractivity (Wildman–Crippen MR) is 119 cm³/mol. The summed E-state index contributed by atoms with van der Waals surface area (Å²) >= 11 is 0. The molecule has 2 unspecified atom stereocenters. The molecule has 0 aromatic carbocycles. The number of amides is 2. The van der Waals surface area contributed by atoms with E-state index in [0.29, 0.717) is 66.4 Å². The van der Waals surface area contributed by atoms with Gasteiger partial charge in [0, 0.05) is 36.6 Å². The summed E-state index contributed by atoms with van der Waals surface area (Å²) in [6.07, 6.45) is 2.57. The quantitative estimate of drug-likeness (QED) is 0.392. The molecule has 4 rings (SSSR count). The summed E-state index contributed by atoms with van der Waals surface area (Å²) in [7, 11) is 0. The Hall–Kier alpha value is -2.79. The van der Waals surface area contributed by atoms with E-state index in [4.69, 9.17) is 4.74 Å². The van der Waals surface area contributed by atoms with Crippen LogP contribution in [-0.4, -0.2) is 83.1 Å². The molecule has 3 atom stereocenters. The lowest BCUT2D eigenvalue weighted by Crippen LogP contribution is -2.52. The molecular formula is C23H29FN4O5. The van der Waals surface area contributed by atoms with E-state index in [1.807, 2.05) is 0 Å². The maximum Gasteiger partial charge on any atom is 0.253 e. The van der Waals surface area contributed by atoms with Gasteiger partial charge in [0.25, 0.3) is 11.8 Å². The molecule has 1 aromatic rings. The highest BCUT2D eigenvalue weighted by Crippen LogP contribution is 2.32. The average Bonchev–Trinajstić information content (AvgIpc) is 3.26. The van der Waals surface area contributed by atoms with Crippen LogP contribution in [0, 0.1) is 13.8 Å². The highest BCUT2D eigenvalue weighted by molar-refractivity contribution is 6.07. The fourth-order valence-corrected chi connectivity index (χ4v) is 4.46. The molecule has 3 aliphatic rings. The number of carbonyl (C=O) groups excluding carboxylic acids is 2. The number of nitrogens with zero attached hydrogens (tertiary/aromatic N) is 1. The van der Waals surface area contributed by atoms with Crippen molar-refractivity contribution in [2.24, 2.45) is 0 Å². The van der Waals surface area contributed by atoms with Crippen LogP contribution in [-0.2, 0) is 9.53 Å². The van der Waals surface area contributed by atoms with Gasteiger partial charge in [0.1, 0.15) is 18.2 Å². The Kier molecular flexibility index (Phi) is 6.80. The number of ether oxygens (including phenoxy) is 1. The van der Waals surface area contributed by atoms with Crippen molar-refractivity contribution in [2.45, 2.75) is 38.6 Å². The van der Waals surface area contributed by atoms with Gasteiger partial charge in [-0.1, -0.05) is 0 Å². The number of aromatic amines is 1. The predicted octanol–water partition coefficient (Wildman–Crippen LogP) is 0.438. The number of rotatable bonds is 6. The van der Waals surface area contributed by atoms with Gasteiger partial charge in [-0.3, -0.25) is 14.5 Å². The minimum atomic E-state index is -1.16. The van der Waals surface area contributed by atoms with Crippen LogP contribution in [0.4, 0.5) is 4.39 Å². The third kappa shape index (κ3) is 4.79. The molecule has 5 N–H and O–H groups in total. The Morgan fingerprint density at radius 1 is 1.36 bits per heavy atom. The summed E-state index contributed by atoms with van der Waals surface area (Å²) in [6, 6.07) is -0.248. The van der Waals surface area contributed by atoms with E-state index in [2.05, 4.69) is 15.6 Å². The Labute approximate surface area is 191 Å². The molecule has 2 fully saturated rings. The number of carbonyl (C=O) groups is 2. The Bertz CT molecular complexity index is 1040. The van der Waals surface area contributed by atoms with Crippen LogP contribution in [0.1, 0.15) is 33.7 Å². The molecule has 0 spiro atoms. The molecule has 3 heterocycles. The third-order valence-corrected chi connectivity index (χ3v) is 6.31. The maximum atomic E-state index is 13.8. The Morgan fingerprint density at radius 3 is 2.82 bits per heavy atom. The number of morpholine rings is 1. The first-order valence-electron chi connectivity index (χ1n) is 11.0. The zero-order valence-electron chi connectivity index (χ0n) is 18.7. The number of allylic oxidation sites excluding steroid dienone is 2. The number of H-pyrrole nitrogens is 1. The first kappa shape index (κ1) is 23.4. The second-order valence-electron chi connectivity index (χ2n) is 8.51. The number of halogens is 1. The average molecular weight is 461 g/mol. The van der Waals surface area contributed by atoms with E-state index in [-0.39, 0.29) is 24.3 Å². The number of fused-ring (bicyclic) bond motifs is 1. The number of aryl methyl sites for hydroxylation is 1. The van der Waals surface area contributed by atoms with Crippen molar-refractivity contribution in [3.05, 3.63) is 51.6 Å². The van der Waals surface area contributed by atoms with Crippen molar-refractivity contribution in [3.63, 3.8) is 0 Å². The van der Waals surface area contributed by atoms with Gasteiger partial charge in [-0.2, -0.15) is 0 Å². The number of hydrogen-bond acceptors (Lipinski definition) is 6. The highest BCUT2D eigenvalue weighted by atomic mass is 19.1. The van der Waals surface area contributed by atoms with Crippen molar-refractivity contribution in [2.75, 3.05) is 32.8 Å². The van der Waals surface area contributed by atoms with Gasteiger partial charge in [0.05, 0.1) is 24.8 Å². The molecule has 2 amide bonds. The number of aromatic nitrogens is 1. The number of aliphatic hydroxyl groups excluding tert-OH is 2. The number of nitrogens with one attached hydrogen (secondary N) is 3. The van der Waals surface area contributed by atoms with Crippen LogP contribution in [0.5, 0.6) is 0 Å². The highest BCUT2D eigenvalue weighted by Gasteiger charge is 2.34. The Morgan fingerprint density at radius 2 is 2.09 bits per heavy atom. The van der Waals surface area contributed by atoms with E-state index in [9.17, 15) is 24.2 Å². The molecule has 1 aliphatic carbocycles. The number of aliphatic hydroxyl groups is 2. The first-order chi connectivity index (χ1) is 15.8. The van der Waals surface area contributed by atoms with E-state index in [0.717, 1.165) is 0 Å². The van der Waals surface area contributed by atoms with Gasteiger partial charge in [-0.05, 0) is 49.6 Å². The second kappa shape index (κ2) is 9.60. The molecule has 33 heavy (non-hydrogen) atoms. The van der Waals surface area contributed by atoms with E-state index >= 15 is 0 Å². The van der Waals surface area contributed by atoms with Crippen LogP contribution < -0.4 is 10.6 Å². The summed E-state index contributed by atoms with van der Waals surface area (Å²) in [6.45, 7) is 5.34. The maximum absolute atomic E-state index is 13.8. The molecule has 9 nitrogen and oxygen atoms in total. The summed E-state index contributed by atoms with van der Waals surface area (Å²) in [5, 5.41) is 26.1. The van der Waals surface area contributed by atoms with Crippen molar-refractivity contribution in [1.29, 1.82) is 0 Å². The van der Waals surface area contributed by atoms with Gasteiger partial charge in [0.15, 0.2) is 0 Å². The molecule has 2 aliphatic heterocycles. The van der Waals surface area contributed by atoms with Crippen molar-refractivity contribution in [1.82, 2.24) is 20.5 Å². The van der Waals surface area contributed by atoms with Gasteiger partial charge in [-0.25, -0.2) is 4.39 Å². The normalized spacial score (nSPS) is 24.1. The molecule has 0 saturated carbocycles. The number of hydrogen-bond donors (Lipinski definition) is 5. The van der Waals surface area contributed by atoms with Crippen molar-refractivity contribution >= 4 is 17.9 Å². The van der Waals surface area contributed by atoms with Crippen LogP contribution in [0.2, 0.25) is 0 Å². The van der Waals surface area contributed by atoms with Gasteiger partial charge < -0.3 is 30.6 Å². The summed E-state index contributed by atoms with van der Waals surface area (Å²) < 4.78 is 19.0. The van der Waals surface area contributed by atoms with Crippen molar-refractivity contribution < 1.29 is 28.9 Å². The molecule has 0 bridgehead atoms. The second-order valence-corrected chi connectivity index (χ2v) is 8.51. The van der Waals surface area contributed by atoms with E-state index < -0.39 is 18.2 Å². The molecule has 2 saturated heterocycles. The summed E-state index contributed by atoms with van der Waals surface area (Å²) in [5.74, 6) is -1.06. The van der Waals surface area contributed by atoms with Gasteiger partial charge >= 0.3 is 0 Å². The SMILES string of the molecule is Cc1[nH]c(/C=C2\C(=O)NC3CC=C(F)C=C23)c(C)c1C(=O)NC[C@@H](O)C(O)N1CCOCC1. The van der Waals surface area contributed by atoms with Crippen molar-refractivity contribution in [3.8, 4) is 0 Å². The van der Waals surface area contributed by atoms with E-state index in [1.165, 1.54) is 12.2 Å². The Balaban J connectivity index is 1.47. The fraction of sp³-hybridized carbons (Fsp3) is 0.478.